The predicted molar refractivity (Wildman–Crippen MR) is 70.2 cm³/mol. The van der Waals surface area contributed by atoms with E-state index in [1.54, 1.807) is 19.9 Å². The van der Waals surface area contributed by atoms with Crippen molar-refractivity contribution in [1.82, 2.24) is 0 Å². The predicted octanol–water partition coefficient (Wildman–Crippen LogP) is 0.423. The molecule has 0 radical (unpaired) electrons. The van der Waals surface area contributed by atoms with Crippen molar-refractivity contribution < 1.29 is 33.6 Å². The Morgan fingerprint density at radius 2 is 1.94 bits per heavy atom. The van der Waals surface area contributed by atoms with Crippen molar-refractivity contribution >= 4 is 21.8 Å². The first-order valence-electron chi connectivity index (χ1n) is 5.00. The Labute approximate surface area is 106 Å². The highest BCUT2D eigenvalue weighted by Crippen LogP contribution is 2.64. The van der Waals surface area contributed by atoms with Gasteiger partial charge in [0.05, 0.1) is 0 Å². The molecular weight excluding hydrogens is 280 g/mol. The van der Waals surface area contributed by atoms with Crippen LogP contribution in [0, 0.1) is 0 Å². The smallest absolute Gasteiger partial charge is 0.321 e. The standard InChI is InChI=1S/C9H17NO6P2/c1-4-8(3)6-10(5-2)7-9(17(11,12)13)18(14,15)16/h4-6,9,11-13H,2,7H2,1,3H3/p+2/b8-4-,10-6?. The maximum absolute atomic E-state index is 11.1. The summed E-state index contributed by atoms with van der Waals surface area (Å²) in [6.07, 6.45) is 4.54. The van der Waals surface area contributed by atoms with E-state index < -0.39 is 27.5 Å². The van der Waals surface area contributed by atoms with Crippen LogP contribution in [0.25, 0.3) is 0 Å². The summed E-state index contributed by atoms with van der Waals surface area (Å²) in [5, 5.41) is -1.95. The number of hydrogen-bond acceptors (Lipinski definition) is 4. The maximum atomic E-state index is 11.1. The molecule has 104 valence electrons. The first-order chi connectivity index (χ1) is 8.02. The summed E-state index contributed by atoms with van der Waals surface area (Å²) in [6.45, 7) is 6.52. The quantitative estimate of drug-likeness (QED) is 0.275. The topological polar surface area (TPSA) is 121 Å². The lowest BCUT2D eigenvalue weighted by Gasteiger charge is -2.15. The van der Waals surface area contributed by atoms with Gasteiger partial charge in [0.25, 0.3) is 0 Å². The summed E-state index contributed by atoms with van der Waals surface area (Å²) in [4.78, 5) is 45.3. The molecule has 0 aromatic heterocycles. The number of allylic oxidation sites excluding steroid dienone is 2. The van der Waals surface area contributed by atoms with Crippen LogP contribution in [0.5, 0.6) is 0 Å². The van der Waals surface area contributed by atoms with Crippen LogP contribution < -0.4 is 0 Å². The lowest BCUT2D eigenvalue weighted by atomic mass is 10.3. The second-order valence-electron chi connectivity index (χ2n) is 3.73. The van der Waals surface area contributed by atoms with Gasteiger partial charge in [-0.2, -0.15) is 14.7 Å². The molecule has 0 aromatic rings. The van der Waals surface area contributed by atoms with Crippen molar-refractivity contribution in [3.63, 3.8) is 0 Å². The molecule has 0 amide bonds. The first-order valence-corrected chi connectivity index (χ1v) is 8.40. The molecule has 1 atom stereocenters. The van der Waals surface area contributed by atoms with Gasteiger partial charge in [0.2, 0.25) is 6.54 Å². The average molecular weight is 299 g/mol. The van der Waals surface area contributed by atoms with Crippen molar-refractivity contribution in [2.75, 3.05) is 6.54 Å². The minimum Gasteiger partial charge on any atom is -0.321 e. The van der Waals surface area contributed by atoms with Crippen molar-refractivity contribution in [1.29, 1.82) is 0 Å². The van der Waals surface area contributed by atoms with E-state index in [1.807, 2.05) is 0 Å². The Balaban J connectivity index is 5.29. The molecule has 0 rings (SSSR count). The molecule has 0 aliphatic rings. The van der Waals surface area contributed by atoms with Gasteiger partial charge in [-0.15, -0.1) is 0 Å². The number of nitrogens with zero attached hydrogens (tertiary/aromatic N) is 1. The van der Waals surface area contributed by atoms with E-state index in [0.29, 0.717) is 0 Å². The molecule has 0 bridgehead atoms. The van der Waals surface area contributed by atoms with E-state index in [1.165, 1.54) is 17.0 Å². The minimum absolute atomic E-state index is 0.448. The lowest BCUT2D eigenvalue weighted by Crippen LogP contribution is -2.25. The molecule has 0 spiro atoms. The van der Waals surface area contributed by atoms with E-state index >= 15 is 0 Å². The highest BCUT2D eigenvalue weighted by Gasteiger charge is 2.57. The molecule has 0 saturated carbocycles. The molecule has 5 N–H and O–H groups in total. The zero-order valence-electron chi connectivity index (χ0n) is 10.2. The Bertz CT molecular complexity index is 406. The first kappa shape index (κ1) is 17.6. The third kappa shape index (κ3) is 5.98. The summed E-state index contributed by atoms with van der Waals surface area (Å²) < 4.78 is 12.4. The summed E-state index contributed by atoms with van der Waals surface area (Å²) in [6, 6.07) is 0. The van der Waals surface area contributed by atoms with E-state index in [4.69, 9.17) is 24.5 Å². The molecule has 0 aliphatic heterocycles. The van der Waals surface area contributed by atoms with Crippen LogP contribution >= 0.6 is 15.5 Å². The SMILES string of the molecule is C=C[N+](=C/C(C)=C\C)CC(P(=O)(O)O)[P+](O)(O)O. The molecule has 0 aromatic carbocycles. The molecule has 1 unspecified atom stereocenters. The van der Waals surface area contributed by atoms with Crippen molar-refractivity contribution in [3.05, 3.63) is 24.4 Å². The van der Waals surface area contributed by atoms with Gasteiger partial charge in [0.1, 0.15) is 0 Å². The van der Waals surface area contributed by atoms with Crippen LogP contribution in [0.3, 0.4) is 0 Å². The zero-order chi connectivity index (χ0) is 14.6. The fraction of sp³-hybridized carbons (Fsp3) is 0.444. The second-order valence-corrected chi connectivity index (χ2v) is 7.79. The molecule has 7 nitrogen and oxygen atoms in total. The lowest BCUT2D eigenvalue weighted by molar-refractivity contribution is -0.448. The van der Waals surface area contributed by atoms with Crippen molar-refractivity contribution in [2.24, 2.45) is 0 Å². The largest absolute Gasteiger partial charge is 0.426 e. The number of hydrogen-bond donors (Lipinski definition) is 5. The minimum atomic E-state index is -4.85. The fourth-order valence-corrected chi connectivity index (χ4v) is 3.55. The molecule has 0 saturated heterocycles. The third-order valence-electron chi connectivity index (χ3n) is 2.22. The van der Waals surface area contributed by atoms with Gasteiger partial charge < -0.3 is 9.79 Å². The Morgan fingerprint density at radius 1 is 1.44 bits per heavy atom. The van der Waals surface area contributed by atoms with Crippen LogP contribution in [0.15, 0.2) is 24.4 Å². The molecule has 9 heteroatoms. The highest BCUT2D eigenvalue weighted by atomic mass is 31.3. The summed E-state index contributed by atoms with van der Waals surface area (Å²) in [7, 11) is -9.50. The summed E-state index contributed by atoms with van der Waals surface area (Å²) >= 11 is 0. The number of rotatable bonds is 6. The highest BCUT2D eigenvalue weighted by molar-refractivity contribution is 7.74. The van der Waals surface area contributed by atoms with Crippen molar-refractivity contribution in [2.45, 2.75) is 19.2 Å². The molecule has 18 heavy (non-hydrogen) atoms. The van der Waals surface area contributed by atoms with Crippen LogP contribution in [0.2, 0.25) is 0 Å². The van der Waals surface area contributed by atoms with Gasteiger partial charge in [0.15, 0.2) is 12.4 Å². The van der Waals surface area contributed by atoms with Gasteiger partial charge in [-0.05, 0) is 20.4 Å². The molecule has 0 aliphatic carbocycles. The van der Waals surface area contributed by atoms with Crippen LogP contribution in [-0.2, 0) is 4.57 Å². The third-order valence-corrected chi connectivity index (χ3v) is 5.96. The van der Waals surface area contributed by atoms with Gasteiger partial charge >= 0.3 is 20.9 Å². The van der Waals surface area contributed by atoms with Crippen LogP contribution in [0.4, 0.5) is 0 Å². The van der Waals surface area contributed by atoms with E-state index in [9.17, 15) is 4.57 Å². The maximum Gasteiger partial charge on any atom is 0.426 e. The molecular formula is C9H19NO6P2+2. The average Bonchev–Trinajstić information content (AvgIpc) is 2.19. The van der Waals surface area contributed by atoms with Gasteiger partial charge in [-0.3, -0.25) is 4.57 Å². The Kier molecular flexibility index (Phi) is 6.54. The van der Waals surface area contributed by atoms with Crippen molar-refractivity contribution in [3.8, 4) is 0 Å². The Morgan fingerprint density at radius 3 is 2.22 bits per heavy atom. The van der Waals surface area contributed by atoms with Crippen LogP contribution in [0.1, 0.15) is 13.8 Å². The second kappa shape index (κ2) is 6.68. The van der Waals surface area contributed by atoms with E-state index in [-0.39, 0.29) is 0 Å². The van der Waals surface area contributed by atoms with Gasteiger partial charge in [0, 0.05) is 5.57 Å². The zero-order valence-corrected chi connectivity index (χ0v) is 12.0. The fourth-order valence-electron chi connectivity index (χ4n) is 1.12. The van der Waals surface area contributed by atoms with Crippen LogP contribution in [-0.4, -0.2) is 47.2 Å². The van der Waals surface area contributed by atoms with Gasteiger partial charge in [-0.25, -0.2) is 4.58 Å². The van der Waals surface area contributed by atoms with E-state index in [0.717, 1.165) is 5.57 Å². The Hall–Kier alpha value is -0.390. The monoisotopic (exact) mass is 299 g/mol. The van der Waals surface area contributed by atoms with E-state index in [2.05, 4.69) is 6.58 Å². The summed E-state index contributed by atoms with van der Waals surface area (Å²) in [5.74, 6) is 0. The summed E-state index contributed by atoms with van der Waals surface area (Å²) in [5.41, 5.74) is 0.789. The molecule has 0 heterocycles. The van der Waals surface area contributed by atoms with Gasteiger partial charge in [-0.1, -0.05) is 6.08 Å². The molecule has 0 fully saturated rings. The normalized spacial score (nSPS) is 16.6.